The average molecular weight is 256 g/mol. The number of ether oxygens (including phenoxy) is 2. The summed E-state index contributed by atoms with van der Waals surface area (Å²) in [6.07, 6.45) is 3.52. The topological polar surface area (TPSA) is 30.5 Å². The molecule has 94 valence electrons. The fourth-order valence-electron chi connectivity index (χ4n) is 1.71. The van der Waals surface area contributed by atoms with Gasteiger partial charge in [0.1, 0.15) is 0 Å². The van der Waals surface area contributed by atoms with Gasteiger partial charge in [0.25, 0.3) is 0 Å². The van der Waals surface area contributed by atoms with Gasteiger partial charge in [-0.15, -0.1) is 0 Å². The number of rotatable bonds is 6. The van der Waals surface area contributed by atoms with Gasteiger partial charge in [-0.2, -0.15) is 0 Å². The van der Waals surface area contributed by atoms with Crippen molar-refractivity contribution < 1.29 is 9.47 Å². The number of nitrogens with one attached hydrogen (secondary N) is 1. The van der Waals surface area contributed by atoms with Crippen LogP contribution in [0.4, 0.5) is 0 Å². The maximum Gasteiger partial charge on any atom is 0.164 e. The molecule has 0 aliphatic heterocycles. The largest absolute Gasteiger partial charge is 0.493 e. The first-order valence-electron chi connectivity index (χ1n) is 5.92. The van der Waals surface area contributed by atoms with Gasteiger partial charge in [-0.1, -0.05) is 11.6 Å². The van der Waals surface area contributed by atoms with Crippen molar-refractivity contribution in [3.8, 4) is 11.5 Å². The predicted octanol–water partition coefficient (Wildman–Crippen LogP) is 2.65. The molecule has 2 rings (SSSR count). The van der Waals surface area contributed by atoms with E-state index in [1.807, 2.05) is 19.2 Å². The number of hydrogen-bond donors (Lipinski definition) is 1. The van der Waals surface area contributed by atoms with Crippen LogP contribution in [0.25, 0.3) is 0 Å². The molecule has 0 unspecified atom stereocenters. The van der Waals surface area contributed by atoms with Crippen LogP contribution in [0.3, 0.4) is 0 Å². The first-order valence-corrected chi connectivity index (χ1v) is 6.30. The molecule has 0 aromatic heterocycles. The van der Waals surface area contributed by atoms with Crippen LogP contribution in [0.15, 0.2) is 12.1 Å². The van der Waals surface area contributed by atoms with E-state index in [1.165, 1.54) is 0 Å². The van der Waals surface area contributed by atoms with Gasteiger partial charge >= 0.3 is 0 Å². The van der Waals surface area contributed by atoms with Crippen LogP contribution in [0.1, 0.15) is 18.4 Å². The molecule has 0 amide bonds. The van der Waals surface area contributed by atoms with Gasteiger partial charge < -0.3 is 14.8 Å². The van der Waals surface area contributed by atoms with Gasteiger partial charge in [0.15, 0.2) is 11.5 Å². The molecule has 0 spiro atoms. The molecule has 0 heterocycles. The third-order valence-corrected chi connectivity index (χ3v) is 2.99. The molecule has 3 nitrogen and oxygen atoms in total. The Kier molecular flexibility index (Phi) is 4.13. The number of halogens is 1. The Labute approximate surface area is 107 Å². The van der Waals surface area contributed by atoms with Crippen LogP contribution in [0.2, 0.25) is 5.02 Å². The molecule has 0 atom stereocenters. The fraction of sp³-hybridized carbons (Fsp3) is 0.538. The summed E-state index contributed by atoms with van der Waals surface area (Å²) in [4.78, 5) is 0. The molecule has 1 N–H and O–H groups in total. The first-order chi connectivity index (χ1) is 8.24. The van der Waals surface area contributed by atoms with E-state index in [0.29, 0.717) is 11.1 Å². The SMILES string of the molecule is CNCCc1cc(Cl)cc(OC)c1OC1CC1. The number of benzene rings is 1. The van der Waals surface area contributed by atoms with Crippen molar-refractivity contribution in [3.63, 3.8) is 0 Å². The van der Waals surface area contributed by atoms with E-state index in [-0.39, 0.29) is 0 Å². The quantitative estimate of drug-likeness (QED) is 0.848. The molecule has 0 saturated heterocycles. The maximum atomic E-state index is 6.08. The highest BCUT2D eigenvalue weighted by Gasteiger charge is 2.26. The first kappa shape index (κ1) is 12.5. The molecule has 1 aliphatic rings. The minimum atomic E-state index is 0.360. The van der Waals surface area contributed by atoms with Gasteiger partial charge in [0, 0.05) is 16.7 Å². The van der Waals surface area contributed by atoms with E-state index < -0.39 is 0 Å². The zero-order valence-corrected chi connectivity index (χ0v) is 11.0. The zero-order valence-electron chi connectivity index (χ0n) is 10.3. The van der Waals surface area contributed by atoms with Gasteiger partial charge in [-0.25, -0.2) is 0 Å². The summed E-state index contributed by atoms with van der Waals surface area (Å²) in [5, 5.41) is 3.82. The molecule has 1 fully saturated rings. The van der Waals surface area contributed by atoms with Gasteiger partial charge in [-0.05, 0) is 38.9 Å². The second-order valence-electron chi connectivity index (χ2n) is 4.27. The van der Waals surface area contributed by atoms with Gasteiger partial charge in [-0.3, -0.25) is 0 Å². The summed E-state index contributed by atoms with van der Waals surface area (Å²) in [6, 6.07) is 3.77. The summed E-state index contributed by atoms with van der Waals surface area (Å²) in [7, 11) is 3.58. The molecule has 17 heavy (non-hydrogen) atoms. The van der Waals surface area contributed by atoms with Crippen molar-refractivity contribution in [2.24, 2.45) is 0 Å². The normalized spacial score (nSPS) is 14.8. The fourth-order valence-corrected chi connectivity index (χ4v) is 1.94. The second-order valence-corrected chi connectivity index (χ2v) is 4.70. The van der Waals surface area contributed by atoms with E-state index in [9.17, 15) is 0 Å². The summed E-state index contributed by atoms with van der Waals surface area (Å²) in [6.45, 7) is 0.893. The standard InChI is InChI=1S/C13H18ClNO2/c1-15-6-5-9-7-10(14)8-12(16-2)13(9)17-11-3-4-11/h7-8,11,15H,3-6H2,1-2H3. The lowest BCUT2D eigenvalue weighted by Crippen LogP contribution is -2.12. The maximum absolute atomic E-state index is 6.08. The lowest BCUT2D eigenvalue weighted by Gasteiger charge is -2.15. The highest BCUT2D eigenvalue weighted by molar-refractivity contribution is 6.30. The Balaban J connectivity index is 2.26. The lowest BCUT2D eigenvalue weighted by molar-refractivity contribution is 0.279. The van der Waals surface area contributed by atoms with E-state index in [0.717, 1.165) is 42.9 Å². The molecule has 1 aromatic rings. The third-order valence-electron chi connectivity index (χ3n) is 2.77. The molecule has 1 saturated carbocycles. The Morgan fingerprint density at radius 3 is 2.76 bits per heavy atom. The Hall–Kier alpha value is -0.930. The van der Waals surface area contributed by atoms with Crippen molar-refractivity contribution in [3.05, 3.63) is 22.7 Å². The Morgan fingerprint density at radius 1 is 1.41 bits per heavy atom. The minimum absolute atomic E-state index is 0.360. The number of likely N-dealkylation sites (N-methyl/N-ethyl adjacent to an activating group) is 1. The van der Waals surface area contributed by atoms with Crippen LogP contribution in [-0.2, 0) is 6.42 Å². The van der Waals surface area contributed by atoms with Gasteiger partial charge in [0.05, 0.1) is 13.2 Å². The molecule has 0 radical (unpaired) electrons. The smallest absolute Gasteiger partial charge is 0.164 e. The predicted molar refractivity (Wildman–Crippen MR) is 69.3 cm³/mol. The van der Waals surface area contributed by atoms with E-state index in [1.54, 1.807) is 7.11 Å². The monoisotopic (exact) mass is 255 g/mol. The van der Waals surface area contributed by atoms with Crippen LogP contribution in [0, 0.1) is 0 Å². The average Bonchev–Trinajstić information content (AvgIpc) is 3.12. The summed E-state index contributed by atoms with van der Waals surface area (Å²) >= 11 is 6.08. The minimum Gasteiger partial charge on any atom is -0.493 e. The Bertz CT molecular complexity index is 391. The van der Waals surface area contributed by atoms with Crippen LogP contribution in [-0.4, -0.2) is 26.8 Å². The van der Waals surface area contributed by atoms with Gasteiger partial charge in [0.2, 0.25) is 0 Å². The van der Waals surface area contributed by atoms with E-state index >= 15 is 0 Å². The van der Waals surface area contributed by atoms with Crippen molar-refractivity contribution in [2.45, 2.75) is 25.4 Å². The van der Waals surface area contributed by atoms with Crippen molar-refractivity contribution >= 4 is 11.6 Å². The number of hydrogen-bond acceptors (Lipinski definition) is 3. The summed E-state index contributed by atoms with van der Waals surface area (Å²) in [5.74, 6) is 1.59. The van der Waals surface area contributed by atoms with Crippen molar-refractivity contribution in [1.29, 1.82) is 0 Å². The van der Waals surface area contributed by atoms with E-state index in [4.69, 9.17) is 21.1 Å². The van der Waals surface area contributed by atoms with E-state index in [2.05, 4.69) is 5.32 Å². The van der Waals surface area contributed by atoms with Crippen LogP contribution in [0.5, 0.6) is 11.5 Å². The zero-order chi connectivity index (χ0) is 12.3. The molecule has 0 bridgehead atoms. The Morgan fingerprint density at radius 2 is 2.18 bits per heavy atom. The molecular weight excluding hydrogens is 238 g/mol. The van der Waals surface area contributed by atoms with Crippen molar-refractivity contribution in [1.82, 2.24) is 5.32 Å². The van der Waals surface area contributed by atoms with Crippen LogP contribution < -0.4 is 14.8 Å². The second kappa shape index (κ2) is 5.61. The summed E-state index contributed by atoms with van der Waals surface area (Å²) in [5.41, 5.74) is 1.11. The highest BCUT2D eigenvalue weighted by atomic mass is 35.5. The molecule has 1 aliphatic carbocycles. The lowest BCUT2D eigenvalue weighted by atomic mass is 10.1. The van der Waals surface area contributed by atoms with Crippen molar-refractivity contribution in [2.75, 3.05) is 20.7 Å². The molecule has 4 heteroatoms. The highest BCUT2D eigenvalue weighted by Crippen LogP contribution is 2.38. The number of methoxy groups -OCH3 is 1. The molecular formula is C13H18ClNO2. The van der Waals surface area contributed by atoms with Crippen LogP contribution >= 0.6 is 11.6 Å². The molecule has 1 aromatic carbocycles. The third kappa shape index (κ3) is 3.27. The summed E-state index contributed by atoms with van der Waals surface area (Å²) < 4.78 is 11.3.